The fraction of sp³-hybridized carbons (Fsp3) is 0.438. The second kappa shape index (κ2) is 7.47. The maximum atomic E-state index is 12.8. The summed E-state index contributed by atoms with van der Waals surface area (Å²) in [5, 5.41) is 10.3. The zero-order chi connectivity index (χ0) is 16.1. The van der Waals surface area contributed by atoms with Crippen LogP contribution in [-0.4, -0.2) is 32.6 Å². The molecule has 22 heavy (non-hydrogen) atoms. The van der Waals surface area contributed by atoms with Crippen LogP contribution in [-0.2, 0) is 6.54 Å². The standard InChI is InChI=1S/C16H21F2N3O/c1-3-20(11-15-19-8-9-21(15)16(17)18)10-14(22)13-6-4-12(2)5-7-13/h4-9,14,16,22H,3,10-11H2,1-2H3/t14-/m1/s1. The summed E-state index contributed by atoms with van der Waals surface area (Å²) in [7, 11) is 0. The first-order valence-corrected chi connectivity index (χ1v) is 7.28. The molecular weight excluding hydrogens is 288 g/mol. The lowest BCUT2D eigenvalue weighted by atomic mass is 10.1. The number of aryl methyl sites for hydroxylation is 1. The van der Waals surface area contributed by atoms with Gasteiger partial charge >= 0.3 is 6.55 Å². The second-order valence-corrected chi connectivity index (χ2v) is 5.28. The van der Waals surface area contributed by atoms with Crippen molar-refractivity contribution in [2.24, 2.45) is 0 Å². The molecule has 1 N–H and O–H groups in total. The van der Waals surface area contributed by atoms with Crippen LogP contribution in [0.5, 0.6) is 0 Å². The molecular formula is C16H21F2N3O. The first-order valence-electron chi connectivity index (χ1n) is 7.28. The Hall–Kier alpha value is -1.79. The van der Waals surface area contributed by atoms with Crippen molar-refractivity contribution in [2.45, 2.75) is 33.0 Å². The number of alkyl halides is 2. The molecule has 1 heterocycles. The van der Waals surface area contributed by atoms with Gasteiger partial charge in [-0.1, -0.05) is 36.8 Å². The minimum atomic E-state index is -2.60. The van der Waals surface area contributed by atoms with E-state index in [1.54, 1.807) is 0 Å². The van der Waals surface area contributed by atoms with Crippen LogP contribution in [0.15, 0.2) is 36.7 Å². The summed E-state index contributed by atoms with van der Waals surface area (Å²) in [6.07, 6.45) is 1.98. The fourth-order valence-electron chi connectivity index (χ4n) is 2.29. The van der Waals surface area contributed by atoms with Gasteiger partial charge in [-0.3, -0.25) is 9.47 Å². The Labute approximate surface area is 129 Å². The molecule has 6 heteroatoms. The van der Waals surface area contributed by atoms with Gasteiger partial charge in [-0.15, -0.1) is 0 Å². The number of rotatable bonds is 7. The molecule has 0 aliphatic rings. The van der Waals surface area contributed by atoms with Crippen LogP contribution in [0.4, 0.5) is 8.78 Å². The number of hydrogen-bond acceptors (Lipinski definition) is 3. The molecule has 0 fully saturated rings. The highest BCUT2D eigenvalue weighted by Gasteiger charge is 2.17. The van der Waals surface area contributed by atoms with Gasteiger partial charge in [0, 0.05) is 18.9 Å². The first-order chi connectivity index (χ1) is 10.5. The van der Waals surface area contributed by atoms with E-state index in [2.05, 4.69) is 4.98 Å². The van der Waals surface area contributed by atoms with Crippen molar-refractivity contribution in [3.63, 3.8) is 0 Å². The number of aromatic nitrogens is 2. The number of aliphatic hydroxyl groups is 1. The third-order valence-electron chi connectivity index (χ3n) is 3.66. The van der Waals surface area contributed by atoms with Crippen LogP contribution in [0.2, 0.25) is 0 Å². The van der Waals surface area contributed by atoms with E-state index in [9.17, 15) is 13.9 Å². The summed E-state index contributed by atoms with van der Waals surface area (Å²) < 4.78 is 26.5. The molecule has 1 aromatic heterocycles. The summed E-state index contributed by atoms with van der Waals surface area (Å²) in [4.78, 5) is 5.87. The lowest BCUT2D eigenvalue weighted by Crippen LogP contribution is -2.29. The summed E-state index contributed by atoms with van der Waals surface area (Å²) in [6.45, 7) is 2.60. The van der Waals surface area contributed by atoms with Gasteiger partial charge in [0.2, 0.25) is 0 Å². The Balaban J connectivity index is 2.02. The van der Waals surface area contributed by atoms with Crippen LogP contribution < -0.4 is 0 Å². The second-order valence-electron chi connectivity index (χ2n) is 5.28. The van der Waals surface area contributed by atoms with Crippen molar-refractivity contribution in [2.75, 3.05) is 13.1 Å². The molecule has 0 amide bonds. The van der Waals surface area contributed by atoms with Gasteiger partial charge in [0.1, 0.15) is 5.82 Å². The van der Waals surface area contributed by atoms with Gasteiger partial charge in [0.15, 0.2) is 0 Å². The Kier molecular flexibility index (Phi) is 5.63. The van der Waals surface area contributed by atoms with E-state index < -0.39 is 12.7 Å². The minimum absolute atomic E-state index is 0.275. The smallest absolute Gasteiger partial charge is 0.319 e. The van der Waals surface area contributed by atoms with Gasteiger partial charge in [-0.25, -0.2) is 4.98 Å². The Morgan fingerprint density at radius 3 is 2.55 bits per heavy atom. The summed E-state index contributed by atoms with van der Waals surface area (Å²) >= 11 is 0. The Bertz CT molecular complexity index is 583. The molecule has 120 valence electrons. The summed E-state index contributed by atoms with van der Waals surface area (Å²) in [5.74, 6) is 0.299. The van der Waals surface area contributed by atoms with E-state index in [-0.39, 0.29) is 6.54 Å². The number of likely N-dealkylation sites (N-methyl/N-ethyl adjacent to an activating group) is 1. The van der Waals surface area contributed by atoms with Crippen LogP contribution in [0.25, 0.3) is 0 Å². The third kappa shape index (κ3) is 4.11. The zero-order valence-electron chi connectivity index (χ0n) is 12.8. The first kappa shape index (κ1) is 16.6. The monoisotopic (exact) mass is 309 g/mol. The number of halogens is 2. The SMILES string of the molecule is CCN(Cc1nccn1C(F)F)C[C@@H](O)c1ccc(C)cc1. The van der Waals surface area contributed by atoms with Crippen molar-refractivity contribution in [3.05, 3.63) is 53.6 Å². The van der Waals surface area contributed by atoms with Crippen LogP contribution in [0, 0.1) is 6.92 Å². The number of imidazole rings is 1. The van der Waals surface area contributed by atoms with Gasteiger partial charge in [0.25, 0.3) is 0 Å². The number of aliphatic hydroxyl groups excluding tert-OH is 1. The van der Waals surface area contributed by atoms with Crippen LogP contribution in [0.1, 0.15) is 36.5 Å². The molecule has 1 aromatic carbocycles. The van der Waals surface area contributed by atoms with Gasteiger partial charge < -0.3 is 5.11 Å². The lowest BCUT2D eigenvalue weighted by molar-refractivity contribution is 0.0609. The molecule has 0 saturated heterocycles. The quantitative estimate of drug-likeness (QED) is 0.854. The third-order valence-corrected chi connectivity index (χ3v) is 3.66. The van der Waals surface area contributed by atoms with Crippen molar-refractivity contribution >= 4 is 0 Å². The number of hydrogen-bond donors (Lipinski definition) is 1. The number of nitrogens with zero attached hydrogens (tertiary/aromatic N) is 3. The van der Waals surface area contributed by atoms with Crippen molar-refractivity contribution in [1.82, 2.24) is 14.5 Å². The maximum absolute atomic E-state index is 12.8. The Morgan fingerprint density at radius 2 is 1.95 bits per heavy atom. The van der Waals surface area contributed by atoms with Crippen LogP contribution in [0.3, 0.4) is 0 Å². The van der Waals surface area contributed by atoms with Crippen molar-refractivity contribution in [1.29, 1.82) is 0 Å². The normalized spacial score (nSPS) is 13.0. The van der Waals surface area contributed by atoms with Crippen molar-refractivity contribution < 1.29 is 13.9 Å². The Morgan fingerprint density at radius 1 is 1.27 bits per heavy atom. The van der Waals surface area contributed by atoms with Gasteiger partial charge in [-0.2, -0.15) is 8.78 Å². The molecule has 2 aromatic rings. The molecule has 0 spiro atoms. The van der Waals surface area contributed by atoms with E-state index in [4.69, 9.17) is 0 Å². The van der Waals surface area contributed by atoms with Gasteiger partial charge in [-0.05, 0) is 19.0 Å². The zero-order valence-corrected chi connectivity index (χ0v) is 12.8. The largest absolute Gasteiger partial charge is 0.387 e. The minimum Gasteiger partial charge on any atom is -0.387 e. The molecule has 2 rings (SSSR count). The highest BCUT2D eigenvalue weighted by molar-refractivity contribution is 5.23. The molecule has 0 aliphatic carbocycles. The molecule has 0 aliphatic heterocycles. The lowest BCUT2D eigenvalue weighted by Gasteiger charge is -2.24. The van der Waals surface area contributed by atoms with E-state index in [1.165, 1.54) is 12.4 Å². The highest BCUT2D eigenvalue weighted by Crippen LogP contribution is 2.18. The summed E-state index contributed by atoms with van der Waals surface area (Å²) in [6, 6.07) is 7.65. The van der Waals surface area contributed by atoms with Crippen LogP contribution >= 0.6 is 0 Å². The van der Waals surface area contributed by atoms with E-state index in [0.717, 1.165) is 15.7 Å². The average Bonchev–Trinajstić information content (AvgIpc) is 2.95. The molecule has 0 radical (unpaired) electrons. The predicted octanol–water partition coefficient (Wildman–Crippen LogP) is 3.14. The predicted molar refractivity (Wildman–Crippen MR) is 80.6 cm³/mol. The van der Waals surface area contributed by atoms with E-state index in [0.29, 0.717) is 18.9 Å². The summed E-state index contributed by atoms with van der Waals surface area (Å²) in [5.41, 5.74) is 1.95. The molecule has 0 unspecified atom stereocenters. The molecule has 1 atom stereocenters. The topological polar surface area (TPSA) is 41.3 Å². The van der Waals surface area contributed by atoms with E-state index >= 15 is 0 Å². The molecule has 0 saturated carbocycles. The number of benzene rings is 1. The maximum Gasteiger partial charge on any atom is 0.319 e. The van der Waals surface area contributed by atoms with Gasteiger partial charge in [0.05, 0.1) is 12.6 Å². The van der Waals surface area contributed by atoms with Crippen molar-refractivity contribution in [3.8, 4) is 0 Å². The molecule has 0 bridgehead atoms. The van der Waals surface area contributed by atoms with E-state index in [1.807, 2.05) is 43.0 Å². The highest BCUT2D eigenvalue weighted by atomic mass is 19.3. The molecule has 4 nitrogen and oxygen atoms in total. The average molecular weight is 309 g/mol. The fourth-order valence-corrected chi connectivity index (χ4v) is 2.29.